The van der Waals surface area contributed by atoms with Gasteiger partial charge in [-0.15, -0.1) is 0 Å². The van der Waals surface area contributed by atoms with Crippen LogP contribution in [-0.2, 0) is 0 Å². The predicted molar refractivity (Wildman–Crippen MR) is 66.0 cm³/mol. The minimum absolute atomic E-state index is 0.132. The van der Waals surface area contributed by atoms with Crippen LogP contribution in [-0.4, -0.2) is 5.97 Å². The first kappa shape index (κ1) is 11.7. The zero-order chi connectivity index (χ0) is 12.4. The van der Waals surface area contributed by atoms with Gasteiger partial charge in [-0.1, -0.05) is 41.9 Å². The summed E-state index contributed by atoms with van der Waals surface area (Å²) in [7, 11) is 0. The summed E-state index contributed by atoms with van der Waals surface area (Å²) in [5.41, 5.74) is 2.82. The van der Waals surface area contributed by atoms with Crippen LogP contribution >= 0.6 is 11.6 Å². The van der Waals surface area contributed by atoms with Crippen LogP contribution in [0.3, 0.4) is 0 Å². The van der Waals surface area contributed by atoms with Crippen LogP contribution in [0.1, 0.15) is 15.9 Å². The molecule has 0 bridgehead atoms. The second kappa shape index (κ2) is 4.60. The average molecular weight is 246 g/mol. The van der Waals surface area contributed by atoms with Crippen LogP contribution in [0.15, 0.2) is 42.5 Å². The molecule has 0 N–H and O–H groups in total. The lowest BCUT2D eigenvalue weighted by molar-refractivity contribution is -0.255. The van der Waals surface area contributed by atoms with E-state index < -0.39 is 5.97 Å². The smallest absolute Gasteiger partial charge is 0.0715 e. The molecular weight excluding hydrogens is 236 g/mol. The molecule has 2 rings (SSSR count). The molecule has 17 heavy (non-hydrogen) atoms. The Balaban J connectivity index is 2.63. The van der Waals surface area contributed by atoms with Crippen molar-refractivity contribution in [2.24, 2.45) is 0 Å². The first-order chi connectivity index (χ1) is 8.09. The fourth-order valence-corrected chi connectivity index (χ4v) is 1.95. The van der Waals surface area contributed by atoms with E-state index in [2.05, 4.69) is 0 Å². The van der Waals surface area contributed by atoms with E-state index in [1.165, 1.54) is 6.07 Å². The summed E-state index contributed by atoms with van der Waals surface area (Å²) in [6, 6.07) is 12.3. The first-order valence-electron chi connectivity index (χ1n) is 5.16. The third-order valence-corrected chi connectivity index (χ3v) is 2.97. The fraction of sp³-hybridized carbons (Fsp3) is 0.0714. The normalized spacial score (nSPS) is 10.2. The molecule has 0 amide bonds. The Morgan fingerprint density at radius 1 is 1.12 bits per heavy atom. The highest BCUT2D eigenvalue weighted by Crippen LogP contribution is 2.30. The van der Waals surface area contributed by atoms with E-state index in [1.807, 2.05) is 31.2 Å². The van der Waals surface area contributed by atoms with Crippen molar-refractivity contribution < 1.29 is 9.90 Å². The Bertz CT molecular complexity index is 576. The van der Waals surface area contributed by atoms with E-state index >= 15 is 0 Å². The van der Waals surface area contributed by atoms with Crippen LogP contribution in [0.4, 0.5) is 0 Å². The lowest BCUT2D eigenvalue weighted by Gasteiger charge is -2.10. The van der Waals surface area contributed by atoms with Crippen molar-refractivity contribution in [1.29, 1.82) is 0 Å². The molecule has 0 radical (unpaired) electrons. The molecule has 0 unspecified atom stereocenters. The predicted octanol–water partition coefficient (Wildman–Crippen LogP) is 2.68. The van der Waals surface area contributed by atoms with Gasteiger partial charge in [-0.25, -0.2) is 0 Å². The topological polar surface area (TPSA) is 40.1 Å². The number of carboxylic acids is 1. The van der Waals surface area contributed by atoms with E-state index in [4.69, 9.17) is 11.6 Å². The number of rotatable bonds is 2. The quantitative estimate of drug-likeness (QED) is 0.816. The Hall–Kier alpha value is -1.80. The van der Waals surface area contributed by atoms with Crippen LogP contribution in [0.5, 0.6) is 0 Å². The van der Waals surface area contributed by atoms with Gasteiger partial charge in [0, 0.05) is 10.6 Å². The Morgan fingerprint density at radius 3 is 2.47 bits per heavy atom. The molecule has 3 heteroatoms. The summed E-state index contributed by atoms with van der Waals surface area (Å²) in [4.78, 5) is 10.8. The van der Waals surface area contributed by atoms with Gasteiger partial charge in [0.25, 0.3) is 0 Å². The van der Waals surface area contributed by atoms with Crippen molar-refractivity contribution in [1.82, 2.24) is 0 Å². The summed E-state index contributed by atoms with van der Waals surface area (Å²) in [5, 5.41) is 11.4. The maximum atomic E-state index is 10.8. The summed E-state index contributed by atoms with van der Waals surface area (Å²) in [6.45, 7) is 1.96. The highest BCUT2D eigenvalue weighted by Gasteiger charge is 2.07. The monoisotopic (exact) mass is 245 g/mol. The number of aryl methyl sites for hydroxylation is 1. The van der Waals surface area contributed by atoms with E-state index in [9.17, 15) is 9.90 Å². The highest BCUT2D eigenvalue weighted by atomic mass is 35.5. The molecule has 0 aromatic heterocycles. The Morgan fingerprint density at radius 2 is 1.82 bits per heavy atom. The minimum Gasteiger partial charge on any atom is -0.545 e. The number of hydrogen-bond donors (Lipinski definition) is 0. The lowest BCUT2D eigenvalue weighted by Crippen LogP contribution is -2.22. The van der Waals surface area contributed by atoms with Crippen LogP contribution < -0.4 is 5.11 Å². The second-order valence-electron chi connectivity index (χ2n) is 3.80. The number of carboxylic acid groups (broad SMARTS) is 1. The maximum absolute atomic E-state index is 10.8. The van der Waals surface area contributed by atoms with E-state index in [1.54, 1.807) is 12.1 Å². The summed E-state index contributed by atoms with van der Waals surface area (Å²) < 4.78 is 0. The van der Waals surface area contributed by atoms with Gasteiger partial charge < -0.3 is 9.90 Å². The molecule has 86 valence electrons. The van der Waals surface area contributed by atoms with E-state index in [0.717, 1.165) is 11.1 Å². The molecule has 2 nitrogen and oxygen atoms in total. The molecule has 0 saturated carbocycles. The van der Waals surface area contributed by atoms with Crippen LogP contribution in [0.2, 0.25) is 5.02 Å². The Kier molecular flexibility index (Phi) is 3.16. The molecule has 2 aromatic carbocycles. The van der Waals surface area contributed by atoms with Crippen molar-refractivity contribution in [2.75, 3.05) is 0 Å². The van der Waals surface area contributed by atoms with Gasteiger partial charge in [-0.05, 0) is 35.7 Å². The molecule has 0 atom stereocenters. The largest absolute Gasteiger partial charge is 0.545 e. The standard InChI is InChI=1S/C14H11ClO2/c1-9-4-2-3-5-11(9)12-8-10(14(16)17)6-7-13(12)15/h2-8H,1H3,(H,16,17)/p-1. The number of carbonyl (C=O) groups is 1. The second-order valence-corrected chi connectivity index (χ2v) is 4.20. The molecule has 0 spiro atoms. The number of aromatic carboxylic acids is 1. The van der Waals surface area contributed by atoms with Crippen molar-refractivity contribution in [3.05, 3.63) is 58.6 Å². The zero-order valence-electron chi connectivity index (χ0n) is 9.24. The van der Waals surface area contributed by atoms with Crippen LogP contribution in [0, 0.1) is 6.92 Å². The number of benzene rings is 2. The zero-order valence-corrected chi connectivity index (χ0v) is 9.99. The highest BCUT2D eigenvalue weighted by molar-refractivity contribution is 6.33. The molecular formula is C14H10ClO2-. The van der Waals surface area contributed by atoms with Gasteiger partial charge in [0.2, 0.25) is 0 Å². The SMILES string of the molecule is Cc1ccccc1-c1cc(C(=O)[O-])ccc1Cl. The Labute approximate surface area is 104 Å². The van der Waals surface area contributed by atoms with Gasteiger partial charge in [0.15, 0.2) is 0 Å². The number of carbonyl (C=O) groups excluding carboxylic acids is 1. The lowest BCUT2D eigenvalue weighted by atomic mass is 9.99. The van der Waals surface area contributed by atoms with Gasteiger partial charge in [0.05, 0.1) is 5.97 Å². The molecule has 0 aliphatic rings. The molecule has 0 fully saturated rings. The molecule has 0 aliphatic heterocycles. The molecule has 0 aliphatic carbocycles. The van der Waals surface area contributed by atoms with Gasteiger partial charge >= 0.3 is 0 Å². The fourth-order valence-electron chi connectivity index (χ4n) is 1.73. The summed E-state index contributed by atoms with van der Waals surface area (Å²) >= 11 is 6.09. The number of hydrogen-bond acceptors (Lipinski definition) is 2. The van der Waals surface area contributed by atoms with Crippen molar-refractivity contribution in [2.45, 2.75) is 6.92 Å². The maximum Gasteiger partial charge on any atom is 0.0715 e. The third-order valence-electron chi connectivity index (χ3n) is 2.64. The van der Waals surface area contributed by atoms with Gasteiger partial charge in [-0.3, -0.25) is 0 Å². The van der Waals surface area contributed by atoms with Gasteiger partial charge in [-0.2, -0.15) is 0 Å². The molecule has 2 aromatic rings. The first-order valence-corrected chi connectivity index (χ1v) is 5.54. The van der Waals surface area contributed by atoms with Crippen molar-refractivity contribution in [3.8, 4) is 11.1 Å². The average Bonchev–Trinajstić information content (AvgIpc) is 2.30. The van der Waals surface area contributed by atoms with Crippen LogP contribution in [0.25, 0.3) is 11.1 Å². The third kappa shape index (κ3) is 2.32. The summed E-state index contributed by atoms with van der Waals surface area (Å²) in [5.74, 6) is -1.20. The van der Waals surface area contributed by atoms with Gasteiger partial charge in [0.1, 0.15) is 0 Å². The molecule has 0 heterocycles. The van der Waals surface area contributed by atoms with Crippen molar-refractivity contribution >= 4 is 17.6 Å². The van der Waals surface area contributed by atoms with Crippen molar-refractivity contribution in [3.63, 3.8) is 0 Å². The van der Waals surface area contributed by atoms with E-state index in [0.29, 0.717) is 10.6 Å². The van der Waals surface area contributed by atoms with E-state index in [-0.39, 0.29) is 5.56 Å². The molecule has 0 saturated heterocycles. The minimum atomic E-state index is -1.20. The number of halogens is 1. The summed E-state index contributed by atoms with van der Waals surface area (Å²) in [6.07, 6.45) is 0.